The van der Waals surface area contributed by atoms with Gasteiger partial charge in [-0.3, -0.25) is 4.79 Å². The first kappa shape index (κ1) is 20.4. The molecule has 3 N–H and O–H groups in total. The molecule has 1 unspecified atom stereocenters. The molecule has 1 aliphatic heterocycles. The normalized spacial score (nSPS) is 19.1. The standard InChI is InChI=1S/C14H20BrN3O3S.ClH/c1-17-8-10-3-2-4-18(9-10)22(20,21)13-6-11(14(16)19)5-12(15)7-13;/h5-7,10,17H,2-4,8-9H2,1H3,(H2,16,19);1H. The summed E-state index contributed by atoms with van der Waals surface area (Å²) in [6, 6.07) is 4.36. The minimum Gasteiger partial charge on any atom is -0.366 e. The van der Waals surface area contributed by atoms with Crippen LogP contribution in [0.1, 0.15) is 23.2 Å². The molecular weight excluding hydrogens is 406 g/mol. The van der Waals surface area contributed by atoms with Crippen LogP contribution >= 0.6 is 28.3 Å². The average molecular weight is 427 g/mol. The number of hydrogen-bond acceptors (Lipinski definition) is 4. The van der Waals surface area contributed by atoms with Gasteiger partial charge in [0.05, 0.1) is 4.90 Å². The van der Waals surface area contributed by atoms with E-state index in [0.717, 1.165) is 19.4 Å². The molecule has 1 aliphatic rings. The number of hydrogen-bond donors (Lipinski definition) is 2. The van der Waals surface area contributed by atoms with Crippen LogP contribution in [-0.2, 0) is 10.0 Å². The molecule has 1 amide bonds. The highest BCUT2D eigenvalue weighted by molar-refractivity contribution is 9.10. The highest BCUT2D eigenvalue weighted by Crippen LogP contribution is 2.26. The molecule has 0 spiro atoms. The Morgan fingerprint density at radius 1 is 1.43 bits per heavy atom. The van der Waals surface area contributed by atoms with E-state index >= 15 is 0 Å². The van der Waals surface area contributed by atoms with E-state index in [2.05, 4.69) is 21.2 Å². The molecule has 0 saturated carbocycles. The summed E-state index contributed by atoms with van der Waals surface area (Å²) in [4.78, 5) is 11.4. The number of nitrogens with zero attached hydrogens (tertiary/aromatic N) is 1. The van der Waals surface area contributed by atoms with Crippen molar-refractivity contribution in [3.63, 3.8) is 0 Å². The highest BCUT2D eigenvalue weighted by atomic mass is 79.9. The van der Waals surface area contributed by atoms with Gasteiger partial charge in [0.25, 0.3) is 0 Å². The summed E-state index contributed by atoms with van der Waals surface area (Å²) in [7, 11) is -1.76. The number of carbonyl (C=O) groups is 1. The minimum absolute atomic E-state index is 0. The number of piperidine rings is 1. The molecule has 0 aliphatic carbocycles. The smallest absolute Gasteiger partial charge is 0.248 e. The Morgan fingerprint density at radius 3 is 2.74 bits per heavy atom. The molecule has 1 aromatic rings. The highest BCUT2D eigenvalue weighted by Gasteiger charge is 2.30. The maximum atomic E-state index is 12.8. The van der Waals surface area contributed by atoms with Gasteiger partial charge in [0.1, 0.15) is 0 Å². The van der Waals surface area contributed by atoms with Crippen molar-refractivity contribution in [2.24, 2.45) is 11.7 Å². The molecule has 0 bridgehead atoms. The lowest BCUT2D eigenvalue weighted by Crippen LogP contribution is -2.42. The van der Waals surface area contributed by atoms with Crippen molar-refractivity contribution >= 4 is 44.3 Å². The molecule has 130 valence electrons. The van der Waals surface area contributed by atoms with Crippen LogP contribution in [0.2, 0.25) is 0 Å². The molecule has 0 aromatic heterocycles. The van der Waals surface area contributed by atoms with Crippen LogP contribution in [0.3, 0.4) is 0 Å². The van der Waals surface area contributed by atoms with E-state index in [0.29, 0.717) is 23.5 Å². The lowest BCUT2D eigenvalue weighted by molar-refractivity contribution is 0.1000. The predicted molar refractivity (Wildman–Crippen MR) is 95.3 cm³/mol. The van der Waals surface area contributed by atoms with E-state index in [1.54, 1.807) is 0 Å². The Labute approximate surface area is 151 Å². The van der Waals surface area contributed by atoms with Crippen molar-refractivity contribution < 1.29 is 13.2 Å². The molecule has 23 heavy (non-hydrogen) atoms. The van der Waals surface area contributed by atoms with Crippen molar-refractivity contribution in [2.45, 2.75) is 17.7 Å². The Bertz CT molecular complexity index is 667. The topological polar surface area (TPSA) is 92.5 Å². The average Bonchev–Trinajstić information content (AvgIpc) is 2.47. The van der Waals surface area contributed by atoms with Gasteiger partial charge < -0.3 is 11.1 Å². The molecule has 0 radical (unpaired) electrons. The van der Waals surface area contributed by atoms with Gasteiger partial charge in [0.2, 0.25) is 15.9 Å². The lowest BCUT2D eigenvalue weighted by atomic mass is 10.00. The Morgan fingerprint density at radius 2 is 2.13 bits per heavy atom. The van der Waals surface area contributed by atoms with E-state index < -0.39 is 15.9 Å². The number of rotatable bonds is 5. The van der Waals surface area contributed by atoms with Crippen LogP contribution in [-0.4, -0.2) is 45.3 Å². The third-order valence-electron chi connectivity index (χ3n) is 3.77. The maximum Gasteiger partial charge on any atom is 0.248 e. The quantitative estimate of drug-likeness (QED) is 0.748. The number of sulfonamides is 1. The summed E-state index contributed by atoms with van der Waals surface area (Å²) in [5, 5.41) is 3.09. The Kier molecular flexibility index (Phi) is 7.47. The van der Waals surface area contributed by atoms with Gasteiger partial charge in [-0.25, -0.2) is 8.42 Å². The second-order valence-electron chi connectivity index (χ2n) is 5.47. The van der Waals surface area contributed by atoms with Gasteiger partial charge in [0.15, 0.2) is 0 Å². The van der Waals surface area contributed by atoms with Gasteiger partial charge in [-0.1, -0.05) is 15.9 Å². The van der Waals surface area contributed by atoms with E-state index in [-0.39, 0.29) is 22.9 Å². The minimum atomic E-state index is -3.62. The molecule has 1 heterocycles. The molecule has 2 rings (SSSR count). The summed E-state index contributed by atoms with van der Waals surface area (Å²) in [6.07, 6.45) is 1.85. The van der Waals surface area contributed by atoms with Crippen molar-refractivity contribution in [1.82, 2.24) is 9.62 Å². The van der Waals surface area contributed by atoms with Gasteiger partial charge in [-0.2, -0.15) is 4.31 Å². The summed E-state index contributed by atoms with van der Waals surface area (Å²) >= 11 is 3.23. The first-order valence-electron chi connectivity index (χ1n) is 7.09. The van der Waals surface area contributed by atoms with E-state index in [4.69, 9.17) is 5.73 Å². The number of nitrogens with two attached hydrogens (primary N) is 1. The number of primary amides is 1. The fraction of sp³-hybridized carbons (Fsp3) is 0.500. The first-order chi connectivity index (χ1) is 10.3. The number of carbonyl (C=O) groups excluding carboxylic acids is 1. The Hall–Kier alpha value is -0.670. The summed E-state index contributed by atoms with van der Waals surface area (Å²) in [5.74, 6) is -0.347. The monoisotopic (exact) mass is 425 g/mol. The number of amides is 1. The zero-order valence-electron chi connectivity index (χ0n) is 12.8. The van der Waals surface area contributed by atoms with Gasteiger partial charge in [-0.05, 0) is 50.6 Å². The van der Waals surface area contributed by atoms with Crippen molar-refractivity contribution in [3.8, 4) is 0 Å². The number of benzene rings is 1. The van der Waals surface area contributed by atoms with Crippen LogP contribution < -0.4 is 11.1 Å². The van der Waals surface area contributed by atoms with Crippen LogP contribution in [0.4, 0.5) is 0 Å². The third kappa shape index (κ3) is 4.90. The van der Waals surface area contributed by atoms with E-state index in [1.807, 2.05) is 7.05 Å². The number of nitrogens with one attached hydrogen (secondary N) is 1. The Balaban J connectivity index is 0.00000264. The number of halogens is 2. The van der Waals surface area contributed by atoms with Crippen LogP contribution in [0.15, 0.2) is 27.6 Å². The van der Waals surface area contributed by atoms with Crippen LogP contribution in [0.5, 0.6) is 0 Å². The lowest BCUT2D eigenvalue weighted by Gasteiger charge is -2.32. The van der Waals surface area contributed by atoms with Gasteiger partial charge in [-0.15, -0.1) is 12.4 Å². The van der Waals surface area contributed by atoms with Crippen molar-refractivity contribution in [1.29, 1.82) is 0 Å². The van der Waals surface area contributed by atoms with Gasteiger partial charge in [0, 0.05) is 23.1 Å². The van der Waals surface area contributed by atoms with E-state index in [9.17, 15) is 13.2 Å². The van der Waals surface area contributed by atoms with Gasteiger partial charge >= 0.3 is 0 Å². The molecule has 1 aromatic carbocycles. The maximum absolute atomic E-state index is 12.8. The molecule has 1 fully saturated rings. The molecular formula is C14H21BrClN3O3S. The molecule has 6 nitrogen and oxygen atoms in total. The van der Waals surface area contributed by atoms with Crippen LogP contribution in [0.25, 0.3) is 0 Å². The molecule has 1 saturated heterocycles. The van der Waals surface area contributed by atoms with Crippen molar-refractivity contribution in [2.75, 3.05) is 26.7 Å². The predicted octanol–water partition coefficient (Wildman–Crippen LogP) is 1.59. The summed E-state index contributed by atoms with van der Waals surface area (Å²) in [6.45, 7) is 1.78. The summed E-state index contributed by atoms with van der Waals surface area (Å²) in [5.41, 5.74) is 5.44. The van der Waals surface area contributed by atoms with E-state index in [1.165, 1.54) is 22.5 Å². The second-order valence-corrected chi connectivity index (χ2v) is 8.32. The third-order valence-corrected chi connectivity index (χ3v) is 6.07. The zero-order chi connectivity index (χ0) is 16.3. The SMILES string of the molecule is CNCC1CCCN(S(=O)(=O)c2cc(Br)cc(C(N)=O)c2)C1.Cl. The first-order valence-corrected chi connectivity index (χ1v) is 9.33. The van der Waals surface area contributed by atoms with Crippen molar-refractivity contribution in [3.05, 3.63) is 28.2 Å². The molecule has 1 atom stereocenters. The zero-order valence-corrected chi connectivity index (χ0v) is 16.0. The summed E-state index contributed by atoms with van der Waals surface area (Å²) < 4.78 is 27.6. The fourth-order valence-corrected chi connectivity index (χ4v) is 4.97. The fourth-order valence-electron chi connectivity index (χ4n) is 2.70. The second kappa shape index (κ2) is 8.43. The largest absolute Gasteiger partial charge is 0.366 e. The van der Waals surface area contributed by atoms with Crippen LogP contribution in [0, 0.1) is 5.92 Å². The molecule has 9 heteroatoms.